The van der Waals surface area contributed by atoms with Crippen molar-refractivity contribution in [1.82, 2.24) is 35.1 Å². The van der Waals surface area contributed by atoms with E-state index < -0.39 is 71.5 Å². The lowest BCUT2D eigenvalue weighted by atomic mass is 9.84. The number of hydrogen-bond donors (Lipinski definition) is 3. The lowest BCUT2D eigenvalue weighted by molar-refractivity contribution is -0.155. The van der Waals surface area contributed by atoms with Gasteiger partial charge >= 0.3 is 12.1 Å². The summed E-state index contributed by atoms with van der Waals surface area (Å²) in [5, 5.41) is 16.5. The van der Waals surface area contributed by atoms with E-state index in [1.165, 1.54) is 25.2 Å². The molecular formula is C50H64FN7O9. The summed E-state index contributed by atoms with van der Waals surface area (Å²) in [6, 6.07) is 11.8. The number of cyclic esters (lactones) is 1. The molecule has 2 aromatic heterocycles. The highest BCUT2D eigenvalue weighted by molar-refractivity contribution is 5.96. The Balaban J connectivity index is 1.31. The first-order chi connectivity index (χ1) is 31.8. The van der Waals surface area contributed by atoms with Crippen LogP contribution >= 0.6 is 0 Å². The molecule has 2 fully saturated rings. The van der Waals surface area contributed by atoms with Gasteiger partial charge in [-0.25, -0.2) is 14.6 Å². The van der Waals surface area contributed by atoms with E-state index in [1.807, 2.05) is 25.1 Å². The summed E-state index contributed by atoms with van der Waals surface area (Å²) in [5.41, 5.74) is 6.72. The summed E-state index contributed by atoms with van der Waals surface area (Å²) in [5.74, 6) is -3.36. The highest BCUT2D eigenvalue weighted by Crippen LogP contribution is 2.42. The monoisotopic (exact) mass is 925 g/mol. The number of aromatic nitrogens is 2. The van der Waals surface area contributed by atoms with Gasteiger partial charge in [-0.2, -0.15) is 0 Å². The number of aryl methyl sites for hydroxylation is 1. The number of phenolic OH excluding ortho intramolecular Hbond substituents is 1. The van der Waals surface area contributed by atoms with Crippen molar-refractivity contribution in [3.63, 3.8) is 0 Å². The zero-order chi connectivity index (χ0) is 48.5. The lowest BCUT2D eigenvalue weighted by Gasteiger charge is -2.37. The number of methoxy groups -OCH3 is 2. The van der Waals surface area contributed by atoms with Crippen LogP contribution in [0.5, 0.6) is 5.75 Å². The van der Waals surface area contributed by atoms with Gasteiger partial charge in [-0.05, 0) is 97.7 Å². The summed E-state index contributed by atoms with van der Waals surface area (Å²) in [4.78, 5) is 76.0. The van der Waals surface area contributed by atoms with Gasteiger partial charge in [0, 0.05) is 74.7 Å². The van der Waals surface area contributed by atoms with E-state index in [2.05, 4.69) is 54.3 Å². The number of ether oxygens (including phenoxy) is 3. The van der Waals surface area contributed by atoms with Gasteiger partial charge in [-0.15, -0.1) is 0 Å². The van der Waals surface area contributed by atoms with Gasteiger partial charge < -0.3 is 39.0 Å². The molecule has 360 valence electrons. The Morgan fingerprint density at radius 2 is 1.84 bits per heavy atom. The van der Waals surface area contributed by atoms with Crippen molar-refractivity contribution in [2.24, 2.45) is 11.3 Å². The number of benzene rings is 2. The number of nitrogens with one attached hydrogen (secondary N) is 2. The maximum Gasteiger partial charge on any atom is 0.409 e. The molecule has 4 amide bonds. The van der Waals surface area contributed by atoms with E-state index in [9.17, 15) is 29.1 Å². The van der Waals surface area contributed by atoms with Crippen LogP contribution in [0.1, 0.15) is 83.7 Å². The second-order valence-corrected chi connectivity index (χ2v) is 19.2. The predicted octanol–water partition coefficient (Wildman–Crippen LogP) is 6.12. The zero-order valence-electron chi connectivity index (χ0n) is 40.0. The molecule has 0 saturated carbocycles. The number of likely N-dealkylation sites (N-methyl/N-ethyl adjacent to an activating group) is 1. The number of halogens is 1. The summed E-state index contributed by atoms with van der Waals surface area (Å²) < 4.78 is 35.2. The van der Waals surface area contributed by atoms with Crippen LogP contribution in [-0.4, -0.2) is 131 Å². The number of esters is 1. The van der Waals surface area contributed by atoms with Crippen LogP contribution in [0.25, 0.3) is 33.3 Å². The minimum Gasteiger partial charge on any atom is -0.508 e. The summed E-state index contributed by atoms with van der Waals surface area (Å²) >= 11 is 0. The number of likely N-dealkylation sites (tertiary alicyclic amines) is 1. The number of hydrazine groups is 1. The summed E-state index contributed by atoms with van der Waals surface area (Å²) in [6.45, 7) is 11.9. The molecular weight excluding hydrogens is 862 g/mol. The Bertz CT molecular complexity index is 2540. The molecule has 0 unspecified atom stereocenters. The third-order valence-electron chi connectivity index (χ3n) is 13.4. The number of phenols is 1. The number of rotatable bonds is 9. The number of aromatic hydroxyl groups is 1. The fourth-order valence-electron chi connectivity index (χ4n) is 9.92. The topological polar surface area (TPSA) is 185 Å². The summed E-state index contributed by atoms with van der Waals surface area (Å²) in [7, 11) is 4.16. The van der Waals surface area contributed by atoms with Crippen molar-refractivity contribution in [2.75, 3.05) is 47.5 Å². The third-order valence-corrected chi connectivity index (χ3v) is 13.4. The fraction of sp³-hybridized carbons (Fsp3) is 0.520. The number of pyridine rings is 1. The van der Waals surface area contributed by atoms with Crippen LogP contribution < -0.4 is 10.7 Å². The molecule has 6 bridgehead atoms. The van der Waals surface area contributed by atoms with Crippen LogP contribution in [0.4, 0.5) is 9.18 Å². The Hall–Kier alpha value is -6.07. The van der Waals surface area contributed by atoms with E-state index in [4.69, 9.17) is 19.2 Å². The molecule has 4 aromatic rings. The lowest BCUT2D eigenvalue weighted by Crippen LogP contribution is -2.62. The normalized spacial score (nSPS) is 22.0. The van der Waals surface area contributed by atoms with E-state index in [0.29, 0.717) is 36.9 Å². The third kappa shape index (κ3) is 9.98. The van der Waals surface area contributed by atoms with Gasteiger partial charge in [-0.1, -0.05) is 39.8 Å². The second-order valence-electron chi connectivity index (χ2n) is 19.2. The van der Waals surface area contributed by atoms with Gasteiger partial charge in [0.2, 0.25) is 11.6 Å². The Morgan fingerprint density at radius 3 is 2.54 bits per heavy atom. The first-order valence-electron chi connectivity index (χ1n) is 23.1. The minimum absolute atomic E-state index is 0.0408. The molecule has 67 heavy (non-hydrogen) atoms. The van der Waals surface area contributed by atoms with Gasteiger partial charge in [0.05, 0.1) is 37.8 Å². The SMILES string of the molecule is CCn1c(-c2cccnc2[C@H](C)OC)c2c3cc(ccc31)-c1cc(O)cc(c1)C[C@H](NC(=O)[C@H](C(C)C)N(C)C(=O)[C@]1(F)CCN(C(=O)OC)C1)C(=O)N1CCC[C@H](N1)C(=O)OCC(C)(C)C2. The molecule has 7 rings (SSSR count). The Labute approximate surface area is 391 Å². The average molecular weight is 926 g/mol. The molecule has 16 nitrogen and oxygen atoms in total. The van der Waals surface area contributed by atoms with Crippen molar-refractivity contribution in [3.8, 4) is 28.1 Å². The van der Waals surface area contributed by atoms with Gasteiger partial charge in [0.25, 0.3) is 11.8 Å². The number of amides is 4. The molecule has 3 aliphatic heterocycles. The summed E-state index contributed by atoms with van der Waals surface area (Å²) in [6.07, 6.45) is 1.69. The van der Waals surface area contributed by atoms with Crippen LogP contribution in [0, 0.1) is 11.3 Å². The predicted molar refractivity (Wildman–Crippen MR) is 249 cm³/mol. The first-order valence-corrected chi connectivity index (χ1v) is 23.1. The van der Waals surface area contributed by atoms with E-state index in [1.54, 1.807) is 33.2 Å². The van der Waals surface area contributed by atoms with Crippen molar-refractivity contribution in [1.29, 1.82) is 0 Å². The van der Waals surface area contributed by atoms with Crippen molar-refractivity contribution >= 4 is 40.7 Å². The molecule has 2 saturated heterocycles. The molecule has 0 aliphatic carbocycles. The Kier molecular flexibility index (Phi) is 14.3. The molecule has 0 spiro atoms. The molecule has 17 heteroatoms. The van der Waals surface area contributed by atoms with Crippen molar-refractivity contribution in [2.45, 2.75) is 110 Å². The van der Waals surface area contributed by atoms with Gasteiger partial charge in [0.1, 0.15) is 23.9 Å². The number of nitrogens with zero attached hydrogens (tertiary/aromatic N) is 5. The molecule has 5 atom stereocenters. The van der Waals surface area contributed by atoms with Crippen molar-refractivity contribution < 1.29 is 47.7 Å². The van der Waals surface area contributed by atoms with Crippen LogP contribution in [0.2, 0.25) is 0 Å². The molecule has 0 radical (unpaired) electrons. The highest BCUT2D eigenvalue weighted by Gasteiger charge is 2.50. The number of alkyl halides is 1. The van der Waals surface area contributed by atoms with Crippen molar-refractivity contribution in [3.05, 3.63) is 71.5 Å². The standard InChI is InChI=1S/C50H64FN7O9/c1-10-57-40-16-15-32-25-36(40)37(43(57)35-13-11-18-52-41(35)30(4)65-8)26-49(5,6)28-67-46(62)38-14-12-19-58(54-38)45(61)39(23-31-21-33(32)24-34(59)22-31)53-44(60)42(29(2)3)55(7)47(63)50(51)17-20-56(27-50)48(64)66-9/h11,13,15-16,18,21-22,24-25,29-30,38-39,42,54,59H,10,12,14,17,19-20,23,26-28H2,1-9H3,(H,53,60)/t30-,38-,39-,42-,50-/m0/s1. The number of carbonyl (C=O) groups is 5. The zero-order valence-corrected chi connectivity index (χ0v) is 40.0. The number of hydrogen-bond acceptors (Lipinski definition) is 11. The van der Waals surface area contributed by atoms with Crippen LogP contribution in [0.15, 0.2) is 54.7 Å². The van der Waals surface area contributed by atoms with E-state index in [0.717, 1.165) is 48.8 Å². The maximum atomic E-state index is 16.3. The molecule has 5 heterocycles. The molecule has 2 aromatic carbocycles. The van der Waals surface area contributed by atoms with E-state index in [-0.39, 0.29) is 44.4 Å². The smallest absolute Gasteiger partial charge is 0.409 e. The first kappa shape index (κ1) is 48.9. The fourth-order valence-corrected chi connectivity index (χ4v) is 9.92. The largest absolute Gasteiger partial charge is 0.508 e. The minimum atomic E-state index is -2.46. The quantitative estimate of drug-likeness (QED) is 0.165. The average Bonchev–Trinajstić information content (AvgIpc) is 3.86. The van der Waals surface area contributed by atoms with Gasteiger partial charge in [-0.3, -0.25) is 29.2 Å². The second kappa shape index (κ2) is 19.6. The number of carbonyl (C=O) groups excluding carboxylic acids is 5. The maximum absolute atomic E-state index is 16.3. The van der Waals surface area contributed by atoms with E-state index >= 15 is 4.39 Å². The van der Waals surface area contributed by atoms with Crippen LogP contribution in [-0.2, 0) is 52.8 Å². The highest BCUT2D eigenvalue weighted by atomic mass is 19.1. The molecule has 3 N–H and O–H groups in total. The van der Waals surface area contributed by atoms with Crippen LogP contribution in [0.3, 0.4) is 0 Å². The molecule has 3 aliphatic rings. The van der Waals surface area contributed by atoms with Gasteiger partial charge in [0.15, 0.2) is 0 Å². The number of fused-ring (bicyclic) bond motifs is 6. The Morgan fingerprint density at radius 1 is 1.07 bits per heavy atom.